The van der Waals surface area contributed by atoms with Gasteiger partial charge in [0.15, 0.2) is 0 Å². The van der Waals surface area contributed by atoms with Gasteiger partial charge < -0.3 is 0 Å². The molecule has 0 spiro atoms. The van der Waals surface area contributed by atoms with Gasteiger partial charge in [0.2, 0.25) is 0 Å². The van der Waals surface area contributed by atoms with E-state index in [1.807, 2.05) is 22.7 Å². The maximum atomic E-state index is 2.45. The molecular formula is C46H40S2. The number of hydrogen-bond donors (Lipinski definition) is 0. The van der Waals surface area contributed by atoms with Crippen molar-refractivity contribution in [3.63, 3.8) is 0 Å². The van der Waals surface area contributed by atoms with Crippen molar-refractivity contribution in [1.82, 2.24) is 0 Å². The molecule has 2 heterocycles. The lowest BCUT2D eigenvalue weighted by molar-refractivity contribution is 0.575. The fourth-order valence-corrected chi connectivity index (χ4v) is 10.1. The first kappa shape index (κ1) is 29.9. The molecule has 0 radical (unpaired) electrons. The number of thiophene rings is 2. The van der Waals surface area contributed by atoms with Gasteiger partial charge in [-0.3, -0.25) is 0 Å². The van der Waals surface area contributed by atoms with Crippen molar-refractivity contribution < 1.29 is 0 Å². The van der Waals surface area contributed by atoms with Crippen molar-refractivity contribution in [2.75, 3.05) is 0 Å². The van der Waals surface area contributed by atoms with Crippen molar-refractivity contribution in [2.45, 2.75) is 64.7 Å². The third-order valence-corrected chi connectivity index (χ3v) is 12.7. The molecule has 0 aliphatic rings. The number of benzene rings is 7. The lowest BCUT2D eigenvalue weighted by atomic mass is 9.98. The summed E-state index contributed by atoms with van der Waals surface area (Å²) in [5.41, 5.74) is 4.02. The van der Waals surface area contributed by atoms with E-state index in [0.717, 1.165) is 0 Å². The van der Waals surface area contributed by atoms with E-state index in [1.54, 1.807) is 0 Å². The van der Waals surface area contributed by atoms with Crippen LogP contribution in [0.2, 0.25) is 0 Å². The van der Waals surface area contributed by atoms with Crippen LogP contribution in [0.1, 0.15) is 63.9 Å². The lowest BCUT2D eigenvalue weighted by Gasteiger charge is -2.06. The molecule has 7 aromatic carbocycles. The summed E-state index contributed by atoms with van der Waals surface area (Å²) in [6.07, 6.45) is 12.2. The van der Waals surface area contributed by atoms with E-state index in [0.29, 0.717) is 0 Å². The maximum absolute atomic E-state index is 2.45. The zero-order valence-electron chi connectivity index (χ0n) is 27.7. The van der Waals surface area contributed by atoms with Gasteiger partial charge in [0, 0.05) is 40.3 Å². The fourth-order valence-electron chi connectivity index (χ4n) is 7.76. The molecule has 2 aromatic heterocycles. The highest BCUT2D eigenvalue weighted by molar-refractivity contribution is 7.26. The van der Waals surface area contributed by atoms with Crippen molar-refractivity contribution in [3.05, 3.63) is 121 Å². The van der Waals surface area contributed by atoms with Crippen molar-refractivity contribution >= 4 is 95.3 Å². The number of unbranched alkanes of at least 4 members (excludes halogenated alkanes) is 7. The summed E-state index contributed by atoms with van der Waals surface area (Å²) < 4.78 is 5.50. The van der Waals surface area contributed by atoms with Crippen molar-refractivity contribution in [2.24, 2.45) is 0 Å². The molecule has 0 fully saturated rings. The first-order valence-electron chi connectivity index (χ1n) is 17.9. The maximum Gasteiger partial charge on any atom is 0.0361 e. The zero-order valence-corrected chi connectivity index (χ0v) is 29.3. The van der Waals surface area contributed by atoms with Gasteiger partial charge in [-0.2, -0.15) is 0 Å². The number of fused-ring (bicyclic) bond motifs is 9. The molecule has 0 saturated carbocycles. The Morgan fingerprint density at radius 2 is 0.854 bits per heavy atom. The molecule has 48 heavy (non-hydrogen) atoms. The van der Waals surface area contributed by atoms with Crippen LogP contribution >= 0.6 is 22.7 Å². The van der Waals surface area contributed by atoms with Crippen molar-refractivity contribution in [3.8, 4) is 11.1 Å². The first-order valence-corrected chi connectivity index (χ1v) is 19.5. The molecule has 236 valence electrons. The second-order valence-corrected chi connectivity index (χ2v) is 15.9. The average molecular weight is 657 g/mol. The third-order valence-electron chi connectivity index (χ3n) is 10.4. The molecule has 0 bridgehead atoms. The average Bonchev–Trinajstić information content (AvgIpc) is 3.64. The minimum atomic E-state index is 1.19. The van der Waals surface area contributed by atoms with Crippen LogP contribution in [0.3, 0.4) is 0 Å². The molecule has 9 aromatic rings. The molecule has 0 nitrogen and oxygen atoms in total. The van der Waals surface area contributed by atoms with E-state index >= 15 is 0 Å². The van der Waals surface area contributed by atoms with Crippen LogP contribution in [0.5, 0.6) is 0 Å². The van der Waals surface area contributed by atoms with Crippen LogP contribution in [-0.4, -0.2) is 0 Å². The van der Waals surface area contributed by atoms with Crippen LogP contribution in [0.25, 0.3) is 83.8 Å². The molecule has 0 aliphatic heterocycles. The Balaban J connectivity index is 1.03. The van der Waals surface area contributed by atoms with Gasteiger partial charge in [0.05, 0.1) is 0 Å². The highest BCUT2D eigenvalue weighted by atomic mass is 32.1. The summed E-state index contributed by atoms with van der Waals surface area (Å²) in [5.74, 6) is 0. The van der Waals surface area contributed by atoms with Gasteiger partial charge in [0.25, 0.3) is 0 Å². The second kappa shape index (κ2) is 12.7. The molecule has 0 saturated heterocycles. The van der Waals surface area contributed by atoms with Gasteiger partial charge in [0.1, 0.15) is 0 Å². The predicted octanol–water partition coefficient (Wildman–Crippen LogP) is 15.2. The first-order chi connectivity index (χ1) is 23.7. The molecule has 0 N–H and O–H groups in total. The third kappa shape index (κ3) is 5.55. The lowest BCUT2D eigenvalue weighted by Crippen LogP contribution is -1.87. The molecule has 0 unspecified atom stereocenters. The van der Waals surface area contributed by atoms with Gasteiger partial charge in [-0.05, 0) is 116 Å². The van der Waals surface area contributed by atoms with Crippen LogP contribution in [-0.2, 0) is 6.42 Å². The Bertz CT molecular complexity index is 2600. The van der Waals surface area contributed by atoms with Crippen molar-refractivity contribution in [1.29, 1.82) is 0 Å². The summed E-state index contributed by atoms with van der Waals surface area (Å²) in [5, 5.41) is 13.5. The number of rotatable bonds is 10. The van der Waals surface area contributed by atoms with Crippen LogP contribution in [0.15, 0.2) is 115 Å². The van der Waals surface area contributed by atoms with Crippen LogP contribution < -0.4 is 0 Å². The molecular weight excluding hydrogens is 617 g/mol. The normalized spacial score (nSPS) is 12.2. The summed E-state index contributed by atoms with van der Waals surface area (Å²) in [7, 11) is 0. The molecule has 0 aliphatic carbocycles. The molecule has 0 atom stereocenters. The summed E-state index contributed by atoms with van der Waals surface area (Å²) in [4.78, 5) is 0. The number of hydrogen-bond acceptors (Lipinski definition) is 2. The van der Waals surface area contributed by atoms with E-state index in [2.05, 4.69) is 122 Å². The van der Waals surface area contributed by atoms with E-state index in [4.69, 9.17) is 0 Å². The Morgan fingerprint density at radius 3 is 1.44 bits per heavy atom. The topological polar surface area (TPSA) is 0 Å². The Labute approximate surface area is 290 Å². The monoisotopic (exact) mass is 656 g/mol. The van der Waals surface area contributed by atoms with Gasteiger partial charge in [-0.1, -0.05) is 113 Å². The Morgan fingerprint density at radius 1 is 0.375 bits per heavy atom. The smallest absolute Gasteiger partial charge is 0.0361 e. The summed E-state index contributed by atoms with van der Waals surface area (Å²) >= 11 is 3.87. The number of aryl methyl sites for hydroxylation is 1. The van der Waals surface area contributed by atoms with Gasteiger partial charge in [-0.25, -0.2) is 0 Å². The summed E-state index contributed by atoms with van der Waals surface area (Å²) in [6, 6.07) is 44.1. The highest BCUT2D eigenvalue weighted by Crippen LogP contribution is 2.43. The predicted molar refractivity (Wildman–Crippen MR) is 216 cm³/mol. The minimum Gasteiger partial charge on any atom is -0.135 e. The van der Waals surface area contributed by atoms with Crippen LogP contribution in [0.4, 0.5) is 0 Å². The zero-order chi connectivity index (χ0) is 32.0. The fraction of sp³-hybridized carbons (Fsp3) is 0.217. The van der Waals surface area contributed by atoms with Gasteiger partial charge in [-0.15, -0.1) is 22.7 Å². The second-order valence-electron chi connectivity index (χ2n) is 13.8. The van der Waals surface area contributed by atoms with Gasteiger partial charge >= 0.3 is 0 Å². The summed E-state index contributed by atoms with van der Waals surface area (Å²) in [6.45, 7) is 2.29. The molecule has 0 amide bonds. The van der Waals surface area contributed by atoms with E-state index < -0.39 is 0 Å². The standard InChI is InChI=1S/C46H40S2/c1-2-3-4-5-6-7-8-10-13-30-16-17-33-22-39-41-24-37-29-46-42(25-38(37)28-45(41)47-43(39)26-35(33)20-30)40-23-34-19-18-32(31-14-11-9-12-15-31)21-36(34)27-44(40)48-46/h9,11-12,14-29H,2-8,10,13H2,1H3. The van der Waals surface area contributed by atoms with Crippen LogP contribution in [0, 0.1) is 0 Å². The quantitative estimate of drug-likeness (QED) is 0.129. The Hall–Kier alpha value is -4.24. The van der Waals surface area contributed by atoms with E-state index in [9.17, 15) is 0 Å². The highest BCUT2D eigenvalue weighted by Gasteiger charge is 2.13. The molecule has 9 rings (SSSR count). The van der Waals surface area contributed by atoms with E-state index in [-0.39, 0.29) is 0 Å². The SMILES string of the molecule is CCCCCCCCCCc1ccc2cc3c(cc2c1)sc1cc2cc4c(cc2cc13)sc1cc2cc(-c3ccccc3)ccc2cc14. The largest absolute Gasteiger partial charge is 0.135 e. The minimum absolute atomic E-state index is 1.19. The molecule has 2 heteroatoms. The van der Waals surface area contributed by atoms with E-state index in [1.165, 1.54) is 147 Å². The Kier molecular flexibility index (Phi) is 7.87.